The van der Waals surface area contributed by atoms with Crippen LogP contribution in [0.4, 0.5) is 0 Å². The number of likely N-dealkylation sites (tertiary alicyclic amines) is 1. The first-order valence-corrected chi connectivity index (χ1v) is 6.18. The van der Waals surface area contributed by atoms with Gasteiger partial charge in [-0.1, -0.05) is 26.2 Å². The molecule has 0 aliphatic carbocycles. The van der Waals surface area contributed by atoms with Crippen LogP contribution in [-0.4, -0.2) is 30.1 Å². The fourth-order valence-electron chi connectivity index (χ4n) is 2.40. The van der Waals surface area contributed by atoms with E-state index in [-0.39, 0.29) is 5.54 Å². The molecule has 0 radical (unpaired) electrons. The minimum atomic E-state index is 0.283. The van der Waals surface area contributed by atoms with E-state index in [1.165, 1.54) is 51.6 Å². The van der Waals surface area contributed by atoms with E-state index in [1.807, 2.05) is 0 Å². The van der Waals surface area contributed by atoms with Gasteiger partial charge >= 0.3 is 0 Å². The van der Waals surface area contributed by atoms with Crippen LogP contribution in [0.15, 0.2) is 0 Å². The summed E-state index contributed by atoms with van der Waals surface area (Å²) in [6.45, 7) is 7.94. The summed E-state index contributed by atoms with van der Waals surface area (Å²) in [5.74, 6) is 0. The lowest BCUT2D eigenvalue weighted by atomic mass is 9.92. The zero-order chi connectivity index (χ0) is 10.4. The maximum atomic E-state index is 5.93. The third-order valence-electron chi connectivity index (χ3n) is 3.63. The highest BCUT2D eigenvalue weighted by Crippen LogP contribution is 2.25. The SMILES string of the molecule is CCCCCC(C)(CN)N1CCCC1. The number of hydrogen-bond donors (Lipinski definition) is 1. The highest BCUT2D eigenvalue weighted by molar-refractivity contribution is 4.89. The first-order chi connectivity index (χ1) is 6.73. The third kappa shape index (κ3) is 2.96. The topological polar surface area (TPSA) is 29.3 Å². The van der Waals surface area contributed by atoms with E-state index in [1.54, 1.807) is 0 Å². The molecular formula is C12H26N2. The van der Waals surface area contributed by atoms with Crippen LogP contribution in [0, 0.1) is 0 Å². The van der Waals surface area contributed by atoms with Gasteiger partial charge in [-0.15, -0.1) is 0 Å². The Morgan fingerprint density at radius 2 is 1.86 bits per heavy atom. The monoisotopic (exact) mass is 198 g/mol. The van der Waals surface area contributed by atoms with E-state index in [0.717, 1.165) is 6.54 Å². The standard InChI is InChI=1S/C12H26N2/c1-3-4-5-8-12(2,11-13)14-9-6-7-10-14/h3-11,13H2,1-2H3. The van der Waals surface area contributed by atoms with Crippen LogP contribution in [0.5, 0.6) is 0 Å². The van der Waals surface area contributed by atoms with Crippen molar-refractivity contribution in [1.82, 2.24) is 4.90 Å². The van der Waals surface area contributed by atoms with Crippen molar-refractivity contribution in [3.8, 4) is 0 Å². The molecule has 0 aromatic heterocycles. The Morgan fingerprint density at radius 1 is 1.21 bits per heavy atom. The molecule has 1 fully saturated rings. The van der Waals surface area contributed by atoms with Crippen molar-refractivity contribution in [3.63, 3.8) is 0 Å². The van der Waals surface area contributed by atoms with Crippen molar-refractivity contribution < 1.29 is 0 Å². The molecule has 1 rings (SSSR count). The van der Waals surface area contributed by atoms with Crippen LogP contribution in [0.3, 0.4) is 0 Å². The Labute approximate surface area is 88.8 Å². The first kappa shape index (κ1) is 12.0. The summed E-state index contributed by atoms with van der Waals surface area (Å²) in [6, 6.07) is 0. The van der Waals surface area contributed by atoms with E-state index in [9.17, 15) is 0 Å². The molecule has 14 heavy (non-hydrogen) atoms. The molecule has 0 aromatic rings. The molecule has 1 atom stereocenters. The number of hydrogen-bond acceptors (Lipinski definition) is 2. The van der Waals surface area contributed by atoms with Gasteiger partial charge in [-0.2, -0.15) is 0 Å². The Kier molecular flexibility index (Phi) is 4.90. The maximum absolute atomic E-state index is 5.93. The summed E-state index contributed by atoms with van der Waals surface area (Å²) in [6.07, 6.45) is 7.99. The van der Waals surface area contributed by atoms with Crippen molar-refractivity contribution in [3.05, 3.63) is 0 Å². The number of rotatable bonds is 6. The fraction of sp³-hybridized carbons (Fsp3) is 1.00. The number of unbranched alkanes of at least 4 members (excludes halogenated alkanes) is 2. The highest BCUT2D eigenvalue weighted by atomic mass is 15.2. The minimum absolute atomic E-state index is 0.283. The van der Waals surface area contributed by atoms with Crippen molar-refractivity contribution in [1.29, 1.82) is 0 Å². The largest absolute Gasteiger partial charge is 0.329 e. The summed E-state index contributed by atoms with van der Waals surface area (Å²) in [4.78, 5) is 2.60. The lowest BCUT2D eigenvalue weighted by Gasteiger charge is -2.38. The fourth-order valence-corrected chi connectivity index (χ4v) is 2.40. The van der Waals surface area contributed by atoms with Gasteiger partial charge in [0.2, 0.25) is 0 Å². The predicted molar refractivity (Wildman–Crippen MR) is 62.4 cm³/mol. The molecule has 1 aliphatic rings. The quantitative estimate of drug-likeness (QED) is 0.664. The van der Waals surface area contributed by atoms with Gasteiger partial charge in [0.1, 0.15) is 0 Å². The van der Waals surface area contributed by atoms with Crippen LogP contribution in [0.1, 0.15) is 52.4 Å². The summed E-state index contributed by atoms with van der Waals surface area (Å²) in [5, 5.41) is 0. The molecule has 1 heterocycles. The average molecular weight is 198 g/mol. The second kappa shape index (κ2) is 5.72. The Hall–Kier alpha value is -0.0800. The van der Waals surface area contributed by atoms with E-state index >= 15 is 0 Å². The van der Waals surface area contributed by atoms with E-state index in [2.05, 4.69) is 18.7 Å². The van der Waals surface area contributed by atoms with E-state index < -0.39 is 0 Å². The first-order valence-electron chi connectivity index (χ1n) is 6.18. The van der Waals surface area contributed by atoms with E-state index in [0.29, 0.717) is 0 Å². The molecule has 0 saturated carbocycles. The van der Waals surface area contributed by atoms with Gasteiger partial charge in [0.15, 0.2) is 0 Å². The van der Waals surface area contributed by atoms with E-state index in [4.69, 9.17) is 5.73 Å². The summed E-state index contributed by atoms with van der Waals surface area (Å²) >= 11 is 0. The molecule has 2 N–H and O–H groups in total. The van der Waals surface area contributed by atoms with Crippen LogP contribution < -0.4 is 5.73 Å². The molecule has 1 aliphatic heterocycles. The van der Waals surface area contributed by atoms with Gasteiger partial charge in [0.25, 0.3) is 0 Å². The van der Waals surface area contributed by atoms with Crippen LogP contribution in [0.25, 0.3) is 0 Å². The second-order valence-electron chi connectivity index (χ2n) is 4.85. The lowest BCUT2D eigenvalue weighted by molar-refractivity contribution is 0.129. The molecule has 84 valence electrons. The molecule has 0 spiro atoms. The summed E-state index contributed by atoms with van der Waals surface area (Å²) in [7, 11) is 0. The van der Waals surface area contributed by atoms with Gasteiger partial charge in [0.05, 0.1) is 0 Å². The van der Waals surface area contributed by atoms with Crippen molar-refractivity contribution in [2.75, 3.05) is 19.6 Å². The van der Waals surface area contributed by atoms with Crippen molar-refractivity contribution in [2.24, 2.45) is 5.73 Å². The predicted octanol–water partition coefficient (Wildman–Crippen LogP) is 2.38. The maximum Gasteiger partial charge on any atom is 0.0303 e. The van der Waals surface area contributed by atoms with Gasteiger partial charge in [-0.25, -0.2) is 0 Å². The van der Waals surface area contributed by atoms with Gasteiger partial charge in [-0.3, -0.25) is 4.90 Å². The van der Waals surface area contributed by atoms with Crippen molar-refractivity contribution in [2.45, 2.75) is 57.9 Å². The molecule has 2 nitrogen and oxygen atoms in total. The van der Waals surface area contributed by atoms with Gasteiger partial charge in [0, 0.05) is 12.1 Å². The van der Waals surface area contributed by atoms with Crippen LogP contribution in [-0.2, 0) is 0 Å². The molecule has 0 amide bonds. The van der Waals surface area contributed by atoms with Crippen LogP contribution in [0.2, 0.25) is 0 Å². The van der Waals surface area contributed by atoms with Gasteiger partial charge in [-0.05, 0) is 39.3 Å². The zero-order valence-electron chi connectivity index (χ0n) is 9.89. The van der Waals surface area contributed by atoms with Crippen LogP contribution >= 0.6 is 0 Å². The lowest BCUT2D eigenvalue weighted by Crippen LogP contribution is -2.50. The molecule has 1 unspecified atom stereocenters. The molecule has 0 aromatic carbocycles. The summed E-state index contributed by atoms with van der Waals surface area (Å²) < 4.78 is 0. The highest BCUT2D eigenvalue weighted by Gasteiger charge is 2.31. The number of nitrogens with two attached hydrogens (primary N) is 1. The number of nitrogens with zero attached hydrogens (tertiary/aromatic N) is 1. The third-order valence-corrected chi connectivity index (χ3v) is 3.63. The molecule has 0 bridgehead atoms. The second-order valence-corrected chi connectivity index (χ2v) is 4.85. The summed E-state index contributed by atoms with van der Waals surface area (Å²) in [5.41, 5.74) is 6.21. The Bertz CT molecular complexity index is 152. The average Bonchev–Trinajstić information content (AvgIpc) is 2.71. The zero-order valence-corrected chi connectivity index (χ0v) is 9.89. The minimum Gasteiger partial charge on any atom is -0.329 e. The molecular weight excluding hydrogens is 172 g/mol. The van der Waals surface area contributed by atoms with Gasteiger partial charge < -0.3 is 5.73 Å². The molecule has 1 saturated heterocycles. The van der Waals surface area contributed by atoms with Crippen molar-refractivity contribution >= 4 is 0 Å². The molecule has 2 heteroatoms. The normalized spacial score (nSPS) is 22.5. The smallest absolute Gasteiger partial charge is 0.0303 e. The Balaban J connectivity index is 2.38. The Morgan fingerprint density at radius 3 is 2.36 bits per heavy atom.